The van der Waals surface area contributed by atoms with Crippen molar-refractivity contribution < 1.29 is 32.4 Å². The molecule has 0 aliphatic carbocycles. The topological polar surface area (TPSA) is 158 Å². The molecule has 4 aromatic rings. The van der Waals surface area contributed by atoms with Crippen molar-refractivity contribution in [3.63, 3.8) is 0 Å². The number of aryl methyl sites for hydroxylation is 1. The number of carbonyl (C=O) groups excluding carboxylic acids is 4. The minimum absolute atomic E-state index is 0.0640. The van der Waals surface area contributed by atoms with Crippen LogP contribution in [-0.4, -0.2) is 52.2 Å². The van der Waals surface area contributed by atoms with E-state index in [1.54, 1.807) is 20.0 Å². The van der Waals surface area contributed by atoms with Crippen LogP contribution in [0.1, 0.15) is 70.3 Å². The number of hydrogen-bond donors (Lipinski definition) is 5. The predicted octanol–water partition coefficient (Wildman–Crippen LogP) is 3.36. The molecular formula is C31H32F2N6O5. The van der Waals surface area contributed by atoms with E-state index in [1.807, 2.05) is 24.3 Å². The lowest BCUT2D eigenvalue weighted by Gasteiger charge is -2.24. The summed E-state index contributed by atoms with van der Waals surface area (Å²) in [6.07, 6.45) is 2.65. The molecule has 1 aliphatic rings. The maximum Gasteiger partial charge on any atom is 0.273 e. The number of nitrogens with zero attached hydrogens (tertiary/aromatic N) is 1. The molecular weight excluding hydrogens is 574 g/mol. The van der Waals surface area contributed by atoms with E-state index in [4.69, 9.17) is 4.42 Å². The molecule has 0 spiro atoms. The SMILES string of the molecule is Cc1oc2nc1C(=O)NCCCC[C@H](NC(=O)c1c(F)cccc1F)C(=O)N[C@H](Cc1c[nH]c3ccccc13)C(=O)N[C@@H]2C. The van der Waals surface area contributed by atoms with Crippen LogP contribution in [0.3, 0.4) is 0 Å². The van der Waals surface area contributed by atoms with Crippen LogP contribution in [0.15, 0.2) is 53.1 Å². The summed E-state index contributed by atoms with van der Waals surface area (Å²) in [6, 6.07) is 7.37. The molecule has 230 valence electrons. The van der Waals surface area contributed by atoms with Crippen LogP contribution in [0.25, 0.3) is 10.9 Å². The highest BCUT2D eigenvalue weighted by molar-refractivity contribution is 5.99. The summed E-state index contributed by atoms with van der Waals surface area (Å²) in [5.41, 5.74) is 0.868. The van der Waals surface area contributed by atoms with E-state index in [0.717, 1.165) is 34.7 Å². The standard InChI is InChI=1S/C31H32F2N6O5/c1-16-31-39-26(17(2)44-31)30(43)34-13-6-5-12-23(37-29(42)25-20(32)9-7-10-21(25)33)27(40)38-24(28(41)36-16)14-18-15-35-22-11-4-3-8-19(18)22/h3-4,7-11,15-16,23-24,35H,5-6,12-14H2,1-2H3,(H,34,43)(H,36,41)(H,37,42)(H,38,40)/t16-,23+,24-/m1/s1. The minimum atomic E-state index is -1.24. The zero-order valence-corrected chi connectivity index (χ0v) is 24.1. The van der Waals surface area contributed by atoms with Gasteiger partial charge in [0, 0.05) is 30.1 Å². The molecule has 5 rings (SSSR count). The van der Waals surface area contributed by atoms with Gasteiger partial charge in [-0.3, -0.25) is 19.2 Å². The molecule has 3 atom stereocenters. The second kappa shape index (κ2) is 13.1. The van der Waals surface area contributed by atoms with Crippen molar-refractivity contribution in [2.45, 2.75) is 57.7 Å². The zero-order chi connectivity index (χ0) is 31.4. The van der Waals surface area contributed by atoms with Crippen LogP contribution in [-0.2, 0) is 16.0 Å². The molecule has 2 aromatic heterocycles. The Hall–Kier alpha value is -5.07. The summed E-state index contributed by atoms with van der Waals surface area (Å²) in [5, 5.41) is 11.6. The van der Waals surface area contributed by atoms with Crippen molar-refractivity contribution in [2.24, 2.45) is 0 Å². The van der Waals surface area contributed by atoms with E-state index in [0.29, 0.717) is 12.8 Å². The van der Waals surface area contributed by atoms with Crippen molar-refractivity contribution in [1.82, 2.24) is 31.2 Å². The molecule has 2 aromatic carbocycles. The highest BCUT2D eigenvalue weighted by atomic mass is 19.1. The number of fused-ring (bicyclic) bond motifs is 3. The average Bonchev–Trinajstić information content (AvgIpc) is 3.58. The maximum atomic E-state index is 14.4. The lowest BCUT2D eigenvalue weighted by atomic mass is 10.0. The van der Waals surface area contributed by atoms with E-state index in [9.17, 15) is 28.0 Å². The second-order valence-corrected chi connectivity index (χ2v) is 10.7. The highest BCUT2D eigenvalue weighted by Gasteiger charge is 2.31. The summed E-state index contributed by atoms with van der Waals surface area (Å²) >= 11 is 0. The number of halogens is 2. The van der Waals surface area contributed by atoms with Crippen LogP contribution < -0.4 is 21.3 Å². The van der Waals surface area contributed by atoms with Gasteiger partial charge in [0.25, 0.3) is 11.8 Å². The Morgan fingerprint density at radius 3 is 2.55 bits per heavy atom. The van der Waals surface area contributed by atoms with Gasteiger partial charge in [-0.1, -0.05) is 24.3 Å². The summed E-state index contributed by atoms with van der Waals surface area (Å²) in [7, 11) is 0. The molecule has 0 fully saturated rings. The number of H-pyrrole nitrogens is 1. The molecule has 4 amide bonds. The van der Waals surface area contributed by atoms with Gasteiger partial charge in [-0.2, -0.15) is 0 Å². The molecule has 13 heteroatoms. The first kappa shape index (κ1) is 30.4. The number of oxazole rings is 1. The molecule has 3 heterocycles. The Kier molecular flexibility index (Phi) is 9.02. The van der Waals surface area contributed by atoms with Gasteiger partial charge in [-0.05, 0) is 56.9 Å². The molecule has 0 saturated heterocycles. The predicted molar refractivity (Wildman–Crippen MR) is 156 cm³/mol. The summed E-state index contributed by atoms with van der Waals surface area (Å²) in [6.45, 7) is 3.46. The van der Waals surface area contributed by atoms with Gasteiger partial charge in [0.15, 0.2) is 5.69 Å². The first-order chi connectivity index (χ1) is 21.1. The molecule has 0 radical (unpaired) electrons. The first-order valence-corrected chi connectivity index (χ1v) is 14.3. The number of rotatable bonds is 4. The Morgan fingerprint density at radius 1 is 1.02 bits per heavy atom. The van der Waals surface area contributed by atoms with Gasteiger partial charge in [-0.25, -0.2) is 13.8 Å². The van der Waals surface area contributed by atoms with E-state index in [1.165, 1.54) is 0 Å². The Labute approximate surface area is 251 Å². The second-order valence-electron chi connectivity index (χ2n) is 10.7. The van der Waals surface area contributed by atoms with Gasteiger partial charge in [-0.15, -0.1) is 0 Å². The summed E-state index contributed by atoms with van der Waals surface area (Å²) in [5.74, 6) is -4.61. The fourth-order valence-electron chi connectivity index (χ4n) is 5.16. The van der Waals surface area contributed by atoms with Gasteiger partial charge in [0.05, 0.1) is 0 Å². The van der Waals surface area contributed by atoms with E-state index < -0.39 is 59.0 Å². The van der Waals surface area contributed by atoms with Crippen molar-refractivity contribution in [1.29, 1.82) is 0 Å². The maximum absolute atomic E-state index is 14.4. The molecule has 0 unspecified atom stereocenters. The number of hydrogen-bond acceptors (Lipinski definition) is 6. The van der Waals surface area contributed by atoms with Gasteiger partial charge < -0.3 is 30.7 Å². The van der Waals surface area contributed by atoms with E-state index in [-0.39, 0.29) is 36.7 Å². The molecule has 44 heavy (non-hydrogen) atoms. The lowest BCUT2D eigenvalue weighted by Crippen LogP contribution is -2.54. The highest BCUT2D eigenvalue weighted by Crippen LogP contribution is 2.21. The molecule has 11 nitrogen and oxygen atoms in total. The number of nitrogens with one attached hydrogen (secondary N) is 5. The zero-order valence-electron chi connectivity index (χ0n) is 24.1. The third-order valence-corrected chi connectivity index (χ3v) is 7.51. The quantitative estimate of drug-likeness (QED) is 0.240. The van der Waals surface area contributed by atoms with Crippen molar-refractivity contribution in [2.75, 3.05) is 6.54 Å². The third kappa shape index (κ3) is 6.61. The van der Waals surface area contributed by atoms with Crippen molar-refractivity contribution in [3.05, 3.63) is 88.8 Å². The largest absolute Gasteiger partial charge is 0.443 e. The monoisotopic (exact) mass is 606 g/mol. The van der Waals surface area contributed by atoms with Crippen LogP contribution in [0.2, 0.25) is 0 Å². The van der Waals surface area contributed by atoms with Gasteiger partial charge >= 0.3 is 0 Å². The average molecular weight is 607 g/mol. The summed E-state index contributed by atoms with van der Waals surface area (Å²) in [4.78, 5) is 60.5. The molecule has 2 bridgehead atoms. The Morgan fingerprint density at radius 2 is 1.77 bits per heavy atom. The number of aromatic nitrogens is 2. The number of aromatic amines is 1. The van der Waals surface area contributed by atoms with Crippen LogP contribution >= 0.6 is 0 Å². The normalized spacial score (nSPS) is 20.1. The fraction of sp³-hybridized carbons (Fsp3) is 0.323. The molecule has 5 N–H and O–H groups in total. The summed E-state index contributed by atoms with van der Waals surface area (Å²) < 4.78 is 34.4. The Balaban J connectivity index is 1.46. The van der Waals surface area contributed by atoms with Crippen LogP contribution in [0.4, 0.5) is 8.78 Å². The number of amides is 4. The molecule has 1 aliphatic heterocycles. The van der Waals surface area contributed by atoms with Crippen LogP contribution in [0.5, 0.6) is 0 Å². The number of benzene rings is 2. The smallest absolute Gasteiger partial charge is 0.273 e. The minimum Gasteiger partial charge on any atom is -0.443 e. The third-order valence-electron chi connectivity index (χ3n) is 7.51. The van der Waals surface area contributed by atoms with E-state index in [2.05, 4.69) is 31.2 Å². The van der Waals surface area contributed by atoms with E-state index >= 15 is 0 Å². The van der Waals surface area contributed by atoms with Crippen molar-refractivity contribution in [3.8, 4) is 0 Å². The Bertz CT molecular complexity index is 1700. The van der Waals surface area contributed by atoms with Crippen LogP contribution in [0, 0.1) is 18.6 Å². The number of carbonyl (C=O) groups is 4. The lowest BCUT2D eigenvalue weighted by molar-refractivity contribution is -0.130. The van der Waals surface area contributed by atoms with Gasteiger partial charge in [0.1, 0.15) is 41.1 Å². The number of para-hydroxylation sites is 1. The first-order valence-electron chi connectivity index (χ1n) is 14.3. The molecule has 0 saturated carbocycles. The van der Waals surface area contributed by atoms with Gasteiger partial charge in [0.2, 0.25) is 17.7 Å². The van der Waals surface area contributed by atoms with Crippen molar-refractivity contribution >= 4 is 34.5 Å². The fourth-order valence-corrected chi connectivity index (χ4v) is 5.16.